The Bertz CT molecular complexity index is 509. The van der Waals surface area contributed by atoms with Crippen LogP contribution in [0, 0.1) is 12.7 Å². The van der Waals surface area contributed by atoms with E-state index in [-0.39, 0.29) is 5.82 Å². The first kappa shape index (κ1) is 10.8. The van der Waals surface area contributed by atoms with Crippen LogP contribution in [0.2, 0.25) is 0 Å². The zero-order valence-corrected chi connectivity index (χ0v) is 9.07. The molecular formula is C13H13FN2. The maximum Gasteiger partial charge on any atom is 0.126 e. The van der Waals surface area contributed by atoms with Crippen molar-refractivity contribution in [1.29, 1.82) is 0 Å². The Kier molecular flexibility index (Phi) is 2.97. The lowest BCUT2D eigenvalue weighted by atomic mass is 10.0. The summed E-state index contributed by atoms with van der Waals surface area (Å²) in [7, 11) is 0. The van der Waals surface area contributed by atoms with E-state index in [1.54, 1.807) is 25.4 Å². The molecule has 1 aromatic carbocycles. The molecule has 0 bridgehead atoms. The lowest BCUT2D eigenvalue weighted by Crippen LogP contribution is -1.97. The summed E-state index contributed by atoms with van der Waals surface area (Å²) in [5.74, 6) is -0.198. The number of nitrogens with zero attached hydrogens (tertiary/aromatic N) is 1. The van der Waals surface area contributed by atoms with E-state index in [1.165, 1.54) is 6.07 Å². The van der Waals surface area contributed by atoms with Crippen LogP contribution in [0.1, 0.15) is 11.1 Å². The monoisotopic (exact) mass is 216 g/mol. The fourth-order valence-corrected chi connectivity index (χ4v) is 1.53. The summed E-state index contributed by atoms with van der Waals surface area (Å²) in [5.41, 5.74) is 8.84. The molecule has 0 aliphatic rings. The van der Waals surface area contributed by atoms with Crippen LogP contribution < -0.4 is 5.73 Å². The maximum atomic E-state index is 13.4. The van der Waals surface area contributed by atoms with Gasteiger partial charge in [-0.25, -0.2) is 4.39 Å². The molecule has 2 aromatic rings. The van der Waals surface area contributed by atoms with E-state index in [2.05, 4.69) is 4.98 Å². The van der Waals surface area contributed by atoms with E-state index in [1.807, 2.05) is 12.1 Å². The minimum Gasteiger partial charge on any atom is -0.326 e. The molecule has 0 radical (unpaired) electrons. The summed E-state index contributed by atoms with van der Waals surface area (Å²) in [6.45, 7) is 2.18. The summed E-state index contributed by atoms with van der Waals surface area (Å²) in [4.78, 5) is 4.08. The molecule has 0 aliphatic heterocycles. The predicted molar refractivity (Wildman–Crippen MR) is 62.3 cm³/mol. The molecular weight excluding hydrogens is 203 g/mol. The number of nitrogens with two attached hydrogens (primary N) is 1. The van der Waals surface area contributed by atoms with Crippen molar-refractivity contribution >= 4 is 0 Å². The van der Waals surface area contributed by atoms with Gasteiger partial charge in [0.15, 0.2) is 0 Å². The number of benzene rings is 1. The second-order valence-corrected chi connectivity index (χ2v) is 3.75. The molecule has 0 spiro atoms. The summed E-state index contributed by atoms with van der Waals surface area (Å²) in [6, 6.07) is 7.10. The van der Waals surface area contributed by atoms with Gasteiger partial charge in [-0.1, -0.05) is 12.1 Å². The number of aromatic nitrogens is 1. The van der Waals surface area contributed by atoms with Crippen LogP contribution in [0.25, 0.3) is 11.1 Å². The SMILES string of the molecule is Cc1ccc(-c2cncc(CN)c2)cc1F. The van der Waals surface area contributed by atoms with Crippen molar-refractivity contribution in [2.45, 2.75) is 13.5 Å². The molecule has 0 saturated carbocycles. The quantitative estimate of drug-likeness (QED) is 0.838. The Morgan fingerprint density at radius 2 is 2.00 bits per heavy atom. The average molecular weight is 216 g/mol. The maximum absolute atomic E-state index is 13.4. The van der Waals surface area contributed by atoms with Gasteiger partial charge in [-0.2, -0.15) is 0 Å². The topological polar surface area (TPSA) is 38.9 Å². The van der Waals surface area contributed by atoms with Crippen molar-refractivity contribution in [3.63, 3.8) is 0 Å². The van der Waals surface area contributed by atoms with Gasteiger partial charge in [0.25, 0.3) is 0 Å². The smallest absolute Gasteiger partial charge is 0.126 e. The highest BCUT2D eigenvalue weighted by Gasteiger charge is 2.03. The van der Waals surface area contributed by atoms with Crippen LogP contribution in [0.3, 0.4) is 0 Å². The highest BCUT2D eigenvalue weighted by atomic mass is 19.1. The van der Waals surface area contributed by atoms with Crippen molar-refractivity contribution in [2.75, 3.05) is 0 Å². The second-order valence-electron chi connectivity index (χ2n) is 3.75. The lowest BCUT2D eigenvalue weighted by molar-refractivity contribution is 0.619. The van der Waals surface area contributed by atoms with Crippen molar-refractivity contribution < 1.29 is 4.39 Å². The number of rotatable bonds is 2. The average Bonchev–Trinajstić information content (AvgIpc) is 2.33. The largest absolute Gasteiger partial charge is 0.326 e. The van der Waals surface area contributed by atoms with E-state index in [4.69, 9.17) is 5.73 Å². The lowest BCUT2D eigenvalue weighted by Gasteiger charge is -2.04. The van der Waals surface area contributed by atoms with E-state index < -0.39 is 0 Å². The van der Waals surface area contributed by atoms with E-state index >= 15 is 0 Å². The summed E-state index contributed by atoms with van der Waals surface area (Å²) >= 11 is 0. The highest BCUT2D eigenvalue weighted by molar-refractivity contribution is 5.63. The van der Waals surface area contributed by atoms with Crippen molar-refractivity contribution in [1.82, 2.24) is 4.98 Å². The molecule has 82 valence electrons. The van der Waals surface area contributed by atoms with Gasteiger partial charge in [-0.05, 0) is 35.7 Å². The zero-order chi connectivity index (χ0) is 11.5. The van der Waals surface area contributed by atoms with Gasteiger partial charge in [0.2, 0.25) is 0 Å². The molecule has 0 saturated heterocycles. The molecule has 0 aliphatic carbocycles. The second kappa shape index (κ2) is 4.41. The van der Waals surface area contributed by atoms with Gasteiger partial charge < -0.3 is 5.73 Å². The summed E-state index contributed by atoms with van der Waals surface area (Å²) in [6.07, 6.45) is 3.43. The van der Waals surface area contributed by atoms with Crippen molar-refractivity contribution in [3.05, 3.63) is 53.6 Å². The van der Waals surface area contributed by atoms with Gasteiger partial charge in [0.1, 0.15) is 5.82 Å². The molecule has 0 atom stereocenters. The minimum absolute atomic E-state index is 0.198. The third-order valence-electron chi connectivity index (χ3n) is 2.54. The van der Waals surface area contributed by atoms with E-state index in [9.17, 15) is 4.39 Å². The third-order valence-corrected chi connectivity index (χ3v) is 2.54. The molecule has 3 heteroatoms. The van der Waals surface area contributed by atoms with E-state index in [0.29, 0.717) is 12.1 Å². The van der Waals surface area contributed by atoms with Crippen LogP contribution in [0.15, 0.2) is 36.7 Å². The Balaban J connectivity index is 2.46. The highest BCUT2D eigenvalue weighted by Crippen LogP contribution is 2.21. The number of halogens is 1. The molecule has 16 heavy (non-hydrogen) atoms. The predicted octanol–water partition coefficient (Wildman–Crippen LogP) is 2.65. The molecule has 1 heterocycles. The number of pyridine rings is 1. The molecule has 0 amide bonds. The Morgan fingerprint density at radius 3 is 2.69 bits per heavy atom. The molecule has 1 aromatic heterocycles. The third kappa shape index (κ3) is 2.09. The number of aryl methyl sites for hydroxylation is 1. The molecule has 0 unspecified atom stereocenters. The first-order valence-electron chi connectivity index (χ1n) is 5.11. The summed E-state index contributed by atoms with van der Waals surface area (Å²) in [5, 5.41) is 0. The molecule has 0 fully saturated rings. The minimum atomic E-state index is -0.198. The van der Waals surface area contributed by atoms with Gasteiger partial charge in [-0.15, -0.1) is 0 Å². The van der Waals surface area contributed by atoms with Gasteiger partial charge >= 0.3 is 0 Å². The fraction of sp³-hybridized carbons (Fsp3) is 0.154. The first-order chi connectivity index (χ1) is 7.70. The standard InChI is InChI=1S/C13H13FN2/c1-9-2-3-11(5-13(9)14)12-4-10(6-15)7-16-8-12/h2-5,7-8H,6,15H2,1H3. The number of hydrogen-bond donors (Lipinski definition) is 1. The summed E-state index contributed by atoms with van der Waals surface area (Å²) < 4.78 is 13.4. The first-order valence-corrected chi connectivity index (χ1v) is 5.11. The van der Waals surface area contributed by atoms with Crippen LogP contribution in [0.5, 0.6) is 0 Å². The normalized spacial score (nSPS) is 10.4. The Labute approximate surface area is 93.9 Å². The van der Waals surface area contributed by atoms with Crippen LogP contribution >= 0.6 is 0 Å². The van der Waals surface area contributed by atoms with Gasteiger partial charge in [0.05, 0.1) is 0 Å². The van der Waals surface area contributed by atoms with E-state index in [0.717, 1.165) is 16.7 Å². The molecule has 2 nitrogen and oxygen atoms in total. The van der Waals surface area contributed by atoms with Crippen LogP contribution in [0.4, 0.5) is 4.39 Å². The van der Waals surface area contributed by atoms with Crippen LogP contribution in [-0.4, -0.2) is 4.98 Å². The zero-order valence-electron chi connectivity index (χ0n) is 9.07. The molecule has 2 N–H and O–H groups in total. The van der Waals surface area contributed by atoms with Gasteiger partial charge in [-0.3, -0.25) is 4.98 Å². The Hall–Kier alpha value is -1.74. The van der Waals surface area contributed by atoms with Crippen molar-refractivity contribution in [2.24, 2.45) is 5.73 Å². The fourth-order valence-electron chi connectivity index (χ4n) is 1.53. The Morgan fingerprint density at radius 1 is 1.19 bits per heavy atom. The van der Waals surface area contributed by atoms with Crippen molar-refractivity contribution in [3.8, 4) is 11.1 Å². The molecule has 2 rings (SSSR count). The number of hydrogen-bond acceptors (Lipinski definition) is 2. The van der Waals surface area contributed by atoms with Crippen LogP contribution in [-0.2, 0) is 6.54 Å². The van der Waals surface area contributed by atoms with Gasteiger partial charge in [0, 0.05) is 24.5 Å².